The molecular formula is C13H21N3O. The maximum absolute atomic E-state index is 12.4. The van der Waals surface area contributed by atoms with Gasteiger partial charge in [-0.2, -0.15) is 0 Å². The summed E-state index contributed by atoms with van der Waals surface area (Å²) >= 11 is 0. The van der Waals surface area contributed by atoms with Gasteiger partial charge in [-0.3, -0.25) is 9.78 Å². The Balaban J connectivity index is 2.96. The van der Waals surface area contributed by atoms with Crippen LogP contribution in [0.3, 0.4) is 0 Å². The Kier molecular flexibility index (Phi) is 4.49. The van der Waals surface area contributed by atoms with Gasteiger partial charge in [0.2, 0.25) is 0 Å². The number of anilines is 1. The third-order valence-electron chi connectivity index (χ3n) is 2.53. The van der Waals surface area contributed by atoms with Gasteiger partial charge in [0.25, 0.3) is 5.91 Å². The number of rotatable bonds is 4. The minimum atomic E-state index is -0.0198. The van der Waals surface area contributed by atoms with E-state index in [4.69, 9.17) is 5.73 Å². The number of nitrogens with two attached hydrogens (primary N) is 1. The molecule has 2 N–H and O–H groups in total. The maximum atomic E-state index is 12.4. The molecule has 1 aromatic rings. The molecule has 0 aliphatic rings. The number of amides is 1. The predicted molar refractivity (Wildman–Crippen MR) is 69.7 cm³/mol. The van der Waals surface area contributed by atoms with Crippen molar-refractivity contribution in [2.75, 3.05) is 12.3 Å². The molecule has 0 atom stereocenters. The molecule has 0 aliphatic heterocycles. The second-order valence-corrected chi connectivity index (χ2v) is 4.91. The van der Waals surface area contributed by atoms with Crippen LogP contribution >= 0.6 is 0 Å². The van der Waals surface area contributed by atoms with E-state index in [1.54, 1.807) is 12.3 Å². The van der Waals surface area contributed by atoms with Gasteiger partial charge in [0, 0.05) is 18.8 Å². The topological polar surface area (TPSA) is 59.2 Å². The Hall–Kier alpha value is -1.58. The smallest absolute Gasteiger partial charge is 0.256 e. The Morgan fingerprint density at radius 3 is 2.53 bits per heavy atom. The number of pyridine rings is 1. The summed E-state index contributed by atoms with van der Waals surface area (Å²) in [5.74, 6) is 0.415. The number of hydrogen-bond acceptors (Lipinski definition) is 3. The first-order valence-corrected chi connectivity index (χ1v) is 5.94. The summed E-state index contributed by atoms with van der Waals surface area (Å²) < 4.78 is 0. The van der Waals surface area contributed by atoms with Gasteiger partial charge in [-0.05, 0) is 25.8 Å². The van der Waals surface area contributed by atoms with Gasteiger partial charge in [0.05, 0.1) is 17.4 Å². The first-order valence-electron chi connectivity index (χ1n) is 5.94. The van der Waals surface area contributed by atoms with E-state index in [0.29, 0.717) is 17.2 Å². The van der Waals surface area contributed by atoms with Crippen molar-refractivity contribution in [3.63, 3.8) is 0 Å². The van der Waals surface area contributed by atoms with E-state index in [1.165, 1.54) is 6.20 Å². The quantitative estimate of drug-likeness (QED) is 0.870. The van der Waals surface area contributed by atoms with Crippen LogP contribution in [0.4, 0.5) is 5.69 Å². The summed E-state index contributed by atoms with van der Waals surface area (Å²) in [5, 5.41) is 0. The van der Waals surface area contributed by atoms with Crippen molar-refractivity contribution in [3.05, 3.63) is 24.0 Å². The van der Waals surface area contributed by atoms with Crippen molar-refractivity contribution in [2.24, 2.45) is 5.92 Å². The molecule has 0 saturated carbocycles. The molecule has 1 rings (SSSR count). The Morgan fingerprint density at radius 1 is 1.41 bits per heavy atom. The van der Waals surface area contributed by atoms with Crippen LogP contribution < -0.4 is 5.73 Å². The van der Waals surface area contributed by atoms with Crippen LogP contribution in [0.25, 0.3) is 0 Å². The van der Waals surface area contributed by atoms with E-state index >= 15 is 0 Å². The molecule has 0 radical (unpaired) electrons. The van der Waals surface area contributed by atoms with Crippen molar-refractivity contribution < 1.29 is 4.79 Å². The average molecular weight is 235 g/mol. The van der Waals surface area contributed by atoms with Gasteiger partial charge in [-0.15, -0.1) is 0 Å². The standard InChI is InChI=1S/C13H21N3O/c1-9(2)8-16(10(3)4)13(17)11-5-6-15-7-12(11)14/h5-7,9-10H,8,14H2,1-4H3. The molecule has 0 fully saturated rings. The van der Waals surface area contributed by atoms with Crippen molar-refractivity contribution in [2.45, 2.75) is 33.7 Å². The molecule has 0 aliphatic carbocycles. The van der Waals surface area contributed by atoms with Gasteiger partial charge in [0.1, 0.15) is 0 Å². The normalized spacial score (nSPS) is 10.9. The molecule has 94 valence electrons. The number of nitrogen functional groups attached to an aromatic ring is 1. The van der Waals surface area contributed by atoms with Crippen LogP contribution in [0.5, 0.6) is 0 Å². The molecule has 4 nitrogen and oxygen atoms in total. The highest BCUT2D eigenvalue weighted by atomic mass is 16.2. The number of hydrogen-bond donors (Lipinski definition) is 1. The highest BCUT2D eigenvalue weighted by molar-refractivity contribution is 5.99. The van der Waals surface area contributed by atoms with Crippen molar-refractivity contribution >= 4 is 11.6 Å². The average Bonchev–Trinajstić information content (AvgIpc) is 2.25. The summed E-state index contributed by atoms with van der Waals surface area (Å²) in [5.41, 5.74) is 6.75. The van der Waals surface area contributed by atoms with Crippen LogP contribution in [0, 0.1) is 5.92 Å². The van der Waals surface area contributed by atoms with Crippen molar-refractivity contribution in [1.29, 1.82) is 0 Å². The summed E-state index contributed by atoms with van der Waals surface area (Å²) in [6, 6.07) is 1.84. The number of aromatic nitrogens is 1. The van der Waals surface area contributed by atoms with E-state index in [9.17, 15) is 4.79 Å². The lowest BCUT2D eigenvalue weighted by Gasteiger charge is -2.28. The van der Waals surface area contributed by atoms with E-state index in [-0.39, 0.29) is 11.9 Å². The Labute approximate surface area is 103 Å². The molecule has 0 spiro atoms. The fourth-order valence-corrected chi connectivity index (χ4v) is 1.68. The van der Waals surface area contributed by atoms with Gasteiger partial charge >= 0.3 is 0 Å². The lowest BCUT2D eigenvalue weighted by Crippen LogP contribution is -2.39. The van der Waals surface area contributed by atoms with E-state index in [1.807, 2.05) is 18.7 Å². The van der Waals surface area contributed by atoms with Crippen LogP contribution in [0.2, 0.25) is 0 Å². The molecular weight excluding hydrogens is 214 g/mol. The van der Waals surface area contributed by atoms with Crippen LogP contribution in [-0.2, 0) is 0 Å². The van der Waals surface area contributed by atoms with Gasteiger partial charge in [-0.25, -0.2) is 0 Å². The molecule has 17 heavy (non-hydrogen) atoms. The number of nitrogens with zero attached hydrogens (tertiary/aromatic N) is 2. The Morgan fingerprint density at radius 2 is 2.06 bits per heavy atom. The highest BCUT2D eigenvalue weighted by Gasteiger charge is 2.21. The lowest BCUT2D eigenvalue weighted by atomic mass is 10.1. The van der Waals surface area contributed by atoms with Gasteiger partial charge in [0.15, 0.2) is 0 Å². The van der Waals surface area contributed by atoms with Gasteiger partial charge < -0.3 is 10.6 Å². The highest BCUT2D eigenvalue weighted by Crippen LogP contribution is 2.15. The molecule has 0 aromatic carbocycles. The van der Waals surface area contributed by atoms with E-state index in [0.717, 1.165) is 6.54 Å². The van der Waals surface area contributed by atoms with Crippen LogP contribution in [-0.4, -0.2) is 28.4 Å². The SMILES string of the molecule is CC(C)CN(C(=O)c1ccncc1N)C(C)C. The van der Waals surface area contributed by atoms with E-state index in [2.05, 4.69) is 18.8 Å². The third kappa shape index (κ3) is 3.44. The zero-order valence-electron chi connectivity index (χ0n) is 11.0. The van der Waals surface area contributed by atoms with Crippen molar-refractivity contribution in [1.82, 2.24) is 9.88 Å². The second kappa shape index (κ2) is 5.66. The zero-order valence-corrected chi connectivity index (χ0v) is 11.0. The summed E-state index contributed by atoms with van der Waals surface area (Å²) in [4.78, 5) is 18.1. The zero-order chi connectivity index (χ0) is 13.0. The third-order valence-corrected chi connectivity index (χ3v) is 2.53. The lowest BCUT2D eigenvalue weighted by molar-refractivity contribution is 0.0683. The van der Waals surface area contributed by atoms with E-state index < -0.39 is 0 Å². The second-order valence-electron chi connectivity index (χ2n) is 4.91. The minimum Gasteiger partial charge on any atom is -0.397 e. The molecule has 0 bridgehead atoms. The summed E-state index contributed by atoms with van der Waals surface area (Å²) in [6.07, 6.45) is 3.11. The first-order chi connectivity index (χ1) is 7.93. The summed E-state index contributed by atoms with van der Waals surface area (Å²) in [7, 11) is 0. The monoisotopic (exact) mass is 235 g/mol. The summed E-state index contributed by atoms with van der Waals surface area (Å²) in [6.45, 7) is 8.95. The maximum Gasteiger partial charge on any atom is 0.256 e. The molecule has 0 saturated heterocycles. The molecule has 1 aromatic heterocycles. The van der Waals surface area contributed by atoms with Crippen LogP contribution in [0.1, 0.15) is 38.1 Å². The number of carbonyl (C=O) groups is 1. The molecule has 4 heteroatoms. The Bertz CT molecular complexity index is 388. The molecule has 1 amide bonds. The fraction of sp³-hybridized carbons (Fsp3) is 0.538. The van der Waals surface area contributed by atoms with Crippen molar-refractivity contribution in [3.8, 4) is 0 Å². The fourth-order valence-electron chi connectivity index (χ4n) is 1.68. The van der Waals surface area contributed by atoms with Gasteiger partial charge in [-0.1, -0.05) is 13.8 Å². The predicted octanol–water partition coefficient (Wildman–Crippen LogP) is 2.17. The molecule has 1 heterocycles. The first kappa shape index (κ1) is 13.5. The minimum absolute atomic E-state index is 0.0198. The number of carbonyl (C=O) groups excluding carboxylic acids is 1. The van der Waals surface area contributed by atoms with Crippen LogP contribution in [0.15, 0.2) is 18.5 Å². The largest absolute Gasteiger partial charge is 0.397 e. The molecule has 0 unspecified atom stereocenters.